The molecule has 2 aliphatic heterocycles. The Hall–Kier alpha value is 1.40. The second kappa shape index (κ2) is 7.66. The Morgan fingerprint density at radius 1 is 0.692 bits per heavy atom. The minimum atomic E-state index is 0.869. The van der Waals surface area contributed by atoms with Crippen molar-refractivity contribution >= 4 is 47.0 Å². The molecule has 0 spiro atoms. The predicted molar refractivity (Wildman–Crippen MR) is 73.4 cm³/mol. The third kappa shape index (κ3) is 6.47. The predicted octanol–water partition coefficient (Wildman–Crippen LogP) is 4.01. The van der Waals surface area contributed by atoms with Crippen molar-refractivity contribution in [2.75, 3.05) is 23.0 Å². The molecule has 4 heteroatoms. The van der Waals surface area contributed by atoms with Gasteiger partial charge in [-0.2, -0.15) is 0 Å². The van der Waals surface area contributed by atoms with Gasteiger partial charge in [0.1, 0.15) is 0 Å². The van der Waals surface area contributed by atoms with Gasteiger partial charge in [0.15, 0.2) is 0 Å². The molecule has 0 unspecified atom stereocenters. The molecule has 2 rings (SSSR count). The van der Waals surface area contributed by atoms with E-state index in [0.29, 0.717) is 0 Å². The summed E-state index contributed by atoms with van der Waals surface area (Å²) in [5.41, 5.74) is 0. The third-order valence-corrected chi connectivity index (χ3v) is 7.48. The van der Waals surface area contributed by atoms with E-state index in [4.69, 9.17) is 0 Å². The van der Waals surface area contributed by atoms with Crippen LogP contribution in [0.15, 0.2) is 0 Å². The average Bonchev–Trinajstić information content (AvgIpc) is 2.58. The van der Waals surface area contributed by atoms with Crippen LogP contribution in [0.4, 0.5) is 0 Å². The van der Waals surface area contributed by atoms with Crippen molar-refractivity contribution in [1.82, 2.24) is 0 Å². The van der Waals surface area contributed by atoms with Gasteiger partial charge in [-0.3, -0.25) is 0 Å². The van der Waals surface area contributed by atoms with E-state index in [1.54, 1.807) is 0 Å². The van der Waals surface area contributed by atoms with Crippen LogP contribution in [0.3, 0.4) is 0 Å². The smallest absolute Gasteiger partial charge is 0.0474 e. The van der Waals surface area contributed by atoms with E-state index in [-0.39, 0.29) is 0 Å². The van der Waals surface area contributed by atoms with Crippen molar-refractivity contribution in [3.8, 4) is 0 Å². The van der Waals surface area contributed by atoms with Crippen molar-refractivity contribution in [2.45, 2.75) is 29.4 Å². The fourth-order valence-electron chi connectivity index (χ4n) is 1.08. The molecule has 0 nitrogen and oxygen atoms in total. The van der Waals surface area contributed by atoms with Gasteiger partial charge >= 0.3 is 0 Å². The molecule has 2 heterocycles. The quantitative estimate of drug-likeness (QED) is 0.640. The first-order chi connectivity index (χ1) is 6.29. The van der Waals surface area contributed by atoms with Gasteiger partial charge in [0.25, 0.3) is 0 Å². The molecule has 0 aliphatic carbocycles. The lowest BCUT2D eigenvalue weighted by atomic mass is 10.6. The average molecular weight is 255 g/mol. The molecule has 0 amide bonds. The molecule has 0 aromatic carbocycles. The Labute approximate surface area is 99.1 Å². The van der Waals surface area contributed by atoms with Crippen LogP contribution >= 0.6 is 47.0 Å². The summed E-state index contributed by atoms with van der Waals surface area (Å²) in [4.78, 5) is 0. The molecule has 0 N–H and O–H groups in total. The standard InChI is InChI=1S/C5H10S2.C4H8S2/c1-5-6-3-2-4-7-5;1-4-5-2-3-6-4/h5H,2-4H2,1H3;4H,2-3H2,1H3. The summed E-state index contributed by atoms with van der Waals surface area (Å²) in [5.74, 6) is 5.50. The molecule has 0 saturated carbocycles. The third-order valence-electron chi connectivity index (χ3n) is 1.78. The lowest BCUT2D eigenvalue weighted by Gasteiger charge is -2.15. The van der Waals surface area contributed by atoms with Crippen LogP contribution in [0.1, 0.15) is 20.3 Å². The molecule has 2 aliphatic rings. The summed E-state index contributed by atoms with van der Waals surface area (Å²) in [7, 11) is 0. The Bertz CT molecular complexity index is 117. The molecule has 78 valence electrons. The lowest BCUT2D eigenvalue weighted by Crippen LogP contribution is -2.00. The molecule has 0 aromatic heterocycles. The van der Waals surface area contributed by atoms with Crippen molar-refractivity contribution < 1.29 is 0 Å². The number of rotatable bonds is 0. The molecule has 2 fully saturated rings. The van der Waals surface area contributed by atoms with E-state index >= 15 is 0 Å². The van der Waals surface area contributed by atoms with Gasteiger partial charge in [0.2, 0.25) is 0 Å². The lowest BCUT2D eigenvalue weighted by molar-refractivity contribution is 1.10. The molecule has 0 bridgehead atoms. The Balaban J connectivity index is 0.000000132. The maximum Gasteiger partial charge on any atom is 0.0474 e. The Kier molecular flexibility index (Phi) is 7.35. The first-order valence-corrected chi connectivity index (χ1v) is 8.95. The van der Waals surface area contributed by atoms with E-state index in [2.05, 4.69) is 60.9 Å². The highest BCUT2D eigenvalue weighted by molar-refractivity contribution is 8.20. The van der Waals surface area contributed by atoms with Crippen LogP contribution in [0.5, 0.6) is 0 Å². The summed E-state index contributed by atoms with van der Waals surface area (Å²) >= 11 is 8.28. The fourth-order valence-corrected chi connectivity index (χ4v) is 5.91. The van der Waals surface area contributed by atoms with Crippen LogP contribution in [-0.2, 0) is 0 Å². The van der Waals surface area contributed by atoms with Crippen molar-refractivity contribution in [3.05, 3.63) is 0 Å². The van der Waals surface area contributed by atoms with Crippen LogP contribution < -0.4 is 0 Å². The van der Waals surface area contributed by atoms with E-state index < -0.39 is 0 Å². The molecular formula is C9H18S4. The fraction of sp³-hybridized carbons (Fsp3) is 1.00. The first kappa shape index (κ1) is 12.5. The number of thioether (sulfide) groups is 4. The van der Waals surface area contributed by atoms with Crippen molar-refractivity contribution in [3.63, 3.8) is 0 Å². The highest BCUT2D eigenvalue weighted by Gasteiger charge is 2.08. The van der Waals surface area contributed by atoms with Gasteiger partial charge in [0, 0.05) is 20.7 Å². The van der Waals surface area contributed by atoms with Gasteiger partial charge in [-0.25, -0.2) is 0 Å². The van der Waals surface area contributed by atoms with Gasteiger partial charge in [0.05, 0.1) is 0 Å². The zero-order valence-corrected chi connectivity index (χ0v) is 11.6. The largest absolute Gasteiger partial charge is 0.148 e. The second-order valence-corrected chi connectivity index (χ2v) is 9.36. The van der Waals surface area contributed by atoms with Crippen LogP contribution in [-0.4, -0.2) is 32.2 Å². The second-order valence-electron chi connectivity index (χ2n) is 2.97. The monoisotopic (exact) mass is 254 g/mol. The maximum absolute atomic E-state index is 2.29. The summed E-state index contributed by atoms with van der Waals surface area (Å²) in [6.07, 6.45) is 1.42. The number of hydrogen-bond acceptors (Lipinski definition) is 4. The van der Waals surface area contributed by atoms with Crippen LogP contribution in [0, 0.1) is 0 Å². The Morgan fingerprint density at radius 3 is 1.23 bits per heavy atom. The van der Waals surface area contributed by atoms with Crippen LogP contribution in [0.25, 0.3) is 0 Å². The summed E-state index contributed by atoms with van der Waals surface area (Å²) in [6, 6.07) is 0. The normalized spacial score (nSPS) is 25.4. The minimum absolute atomic E-state index is 0.869. The van der Waals surface area contributed by atoms with Gasteiger partial charge in [-0.1, -0.05) is 0 Å². The molecule has 0 radical (unpaired) electrons. The van der Waals surface area contributed by atoms with Crippen LogP contribution in [0.2, 0.25) is 0 Å². The molecule has 0 atom stereocenters. The topological polar surface area (TPSA) is 0 Å². The zero-order chi connectivity index (χ0) is 9.52. The van der Waals surface area contributed by atoms with Gasteiger partial charge in [-0.15, -0.1) is 47.0 Å². The first-order valence-electron chi connectivity index (χ1n) is 4.75. The van der Waals surface area contributed by atoms with Crippen molar-refractivity contribution in [1.29, 1.82) is 0 Å². The summed E-state index contributed by atoms with van der Waals surface area (Å²) < 4.78 is 1.75. The molecular weight excluding hydrogens is 236 g/mol. The highest BCUT2D eigenvalue weighted by atomic mass is 32.2. The van der Waals surface area contributed by atoms with Gasteiger partial charge in [-0.05, 0) is 31.8 Å². The SMILES string of the molecule is CC1SCCCS1.CC1SCCS1. The van der Waals surface area contributed by atoms with Crippen molar-refractivity contribution in [2.24, 2.45) is 0 Å². The Morgan fingerprint density at radius 2 is 1.08 bits per heavy atom. The summed E-state index contributed by atoms with van der Waals surface area (Å²) in [6.45, 7) is 4.55. The van der Waals surface area contributed by atoms with E-state index in [1.807, 2.05) is 0 Å². The summed E-state index contributed by atoms with van der Waals surface area (Å²) in [5, 5.41) is 0. The van der Waals surface area contributed by atoms with E-state index in [1.165, 1.54) is 29.4 Å². The molecule has 0 aromatic rings. The van der Waals surface area contributed by atoms with E-state index in [0.717, 1.165) is 9.16 Å². The maximum atomic E-state index is 2.29. The van der Waals surface area contributed by atoms with Gasteiger partial charge < -0.3 is 0 Å². The number of hydrogen-bond donors (Lipinski definition) is 0. The molecule has 13 heavy (non-hydrogen) atoms. The van der Waals surface area contributed by atoms with E-state index in [9.17, 15) is 0 Å². The highest BCUT2D eigenvalue weighted by Crippen LogP contribution is 2.30. The molecule has 2 saturated heterocycles. The zero-order valence-electron chi connectivity index (χ0n) is 8.32. The minimum Gasteiger partial charge on any atom is -0.148 e.